The lowest BCUT2D eigenvalue weighted by Crippen LogP contribution is -2.23. The van der Waals surface area contributed by atoms with E-state index in [9.17, 15) is 9.59 Å². The van der Waals surface area contributed by atoms with Crippen LogP contribution in [0.2, 0.25) is 0 Å². The summed E-state index contributed by atoms with van der Waals surface area (Å²) in [5.74, 6) is 0.325. The summed E-state index contributed by atoms with van der Waals surface area (Å²) >= 11 is 2.66. The monoisotopic (exact) mass is 463 g/mol. The van der Waals surface area contributed by atoms with Gasteiger partial charge in [0.05, 0.1) is 17.0 Å². The summed E-state index contributed by atoms with van der Waals surface area (Å²) in [5.41, 5.74) is 5.31. The van der Waals surface area contributed by atoms with E-state index in [-0.39, 0.29) is 17.2 Å². The second kappa shape index (κ2) is 9.30. The molecule has 0 radical (unpaired) electrons. The number of nitrogens with one attached hydrogen (secondary N) is 1. The second-order valence-corrected chi connectivity index (χ2v) is 9.90. The summed E-state index contributed by atoms with van der Waals surface area (Å²) < 4.78 is 2.26. The minimum absolute atomic E-state index is 0.105. The molecule has 164 valence electrons. The van der Waals surface area contributed by atoms with Crippen LogP contribution in [0.4, 0.5) is 5.69 Å². The van der Waals surface area contributed by atoms with E-state index in [1.54, 1.807) is 4.57 Å². The smallest absolute Gasteiger partial charge is 0.276 e. The number of aromatic nitrogens is 2. The quantitative estimate of drug-likeness (QED) is 0.285. The van der Waals surface area contributed by atoms with Crippen molar-refractivity contribution in [1.82, 2.24) is 9.55 Å². The van der Waals surface area contributed by atoms with Crippen molar-refractivity contribution in [3.63, 3.8) is 0 Å². The van der Waals surface area contributed by atoms with Crippen LogP contribution >= 0.6 is 23.1 Å². The van der Waals surface area contributed by atoms with Gasteiger partial charge in [0.25, 0.3) is 5.56 Å². The van der Waals surface area contributed by atoms with Gasteiger partial charge >= 0.3 is 0 Å². The Balaban J connectivity index is 1.67. The van der Waals surface area contributed by atoms with Crippen molar-refractivity contribution < 1.29 is 4.79 Å². The van der Waals surface area contributed by atoms with Crippen LogP contribution in [-0.4, -0.2) is 21.2 Å². The topological polar surface area (TPSA) is 64.0 Å². The van der Waals surface area contributed by atoms with Crippen LogP contribution in [0.15, 0.2) is 63.9 Å². The summed E-state index contributed by atoms with van der Waals surface area (Å²) in [5, 5.41) is 5.40. The number of thioether (sulfide) groups is 1. The average molecular weight is 464 g/mol. The Labute approximate surface area is 195 Å². The molecule has 32 heavy (non-hydrogen) atoms. The number of rotatable bonds is 6. The van der Waals surface area contributed by atoms with Crippen LogP contribution < -0.4 is 10.9 Å². The Bertz CT molecular complexity index is 1360. The fourth-order valence-electron chi connectivity index (χ4n) is 3.59. The molecule has 0 aliphatic rings. The Hall–Kier alpha value is -2.90. The maximum atomic E-state index is 13.3. The lowest BCUT2D eigenvalue weighted by atomic mass is 10.0. The molecule has 0 fully saturated rings. The van der Waals surface area contributed by atoms with Crippen LogP contribution in [0.25, 0.3) is 15.9 Å². The van der Waals surface area contributed by atoms with Crippen molar-refractivity contribution in [3.8, 4) is 5.69 Å². The highest BCUT2D eigenvalue weighted by atomic mass is 32.2. The number of aryl methyl sites for hydroxylation is 2. The van der Waals surface area contributed by atoms with Crippen molar-refractivity contribution in [2.24, 2.45) is 0 Å². The van der Waals surface area contributed by atoms with Crippen molar-refractivity contribution in [1.29, 1.82) is 0 Å². The number of hydrogen-bond acceptors (Lipinski definition) is 5. The molecule has 0 atom stereocenters. The van der Waals surface area contributed by atoms with Crippen LogP contribution in [0.5, 0.6) is 0 Å². The third-order valence-corrected chi connectivity index (χ3v) is 7.07. The van der Waals surface area contributed by atoms with E-state index < -0.39 is 0 Å². The van der Waals surface area contributed by atoms with Crippen molar-refractivity contribution >= 4 is 44.9 Å². The van der Waals surface area contributed by atoms with Gasteiger partial charge in [-0.15, -0.1) is 11.3 Å². The predicted molar refractivity (Wildman–Crippen MR) is 135 cm³/mol. The van der Waals surface area contributed by atoms with E-state index in [4.69, 9.17) is 4.98 Å². The molecule has 7 heteroatoms. The first-order chi connectivity index (χ1) is 15.3. The summed E-state index contributed by atoms with van der Waals surface area (Å²) in [6.45, 7) is 8.17. The highest BCUT2D eigenvalue weighted by Gasteiger charge is 2.18. The molecule has 0 bridgehead atoms. The fourth-order valence-corrected chi connectivity index (χ4v) is 5.16. The SMILES string of the molecule is Cc1ccc(C)c(-n2c(SCC(=O)Nc3ccccc3C(C)C)nc3ccsc3c2=O)c1. The first-order valence-corrected chi connectivity index (χ1v) is 12.3. The van der Waals surface area contributed by atoms with E-state index in [1.165, 1.54) is 23.1 Å². The minimum atomic E-state index is -0.129. The number of anilines is 1. The number of amides is 1. The zero-order valence-corrected chi connectivity index (χ0v) is 20.1. The molecule has 0 saturated carbocycles. The summed E-state index contributed by atoms with van der Waals surface area (Å²) in [6, 6.07) is 15.7. The normalized spacial score (nSPS) is 11.3. The Morgan fingerprint density at radius 1 is 1.16 bits per heavy atom. The maximum Gasteiger partial charge on any atom is 0.276 e. The third kappa shape index (κ3) is 4.49. The number of carbonyl (C=O) groups excluding carboxylic acids is 1. The summed E-state index contributed by atoms with van der Waals surface area (Å²) in [7, 11) is 0. The van der Waals surface area contributed by atoms with Gasteiger partial charge in [0.1, 0.15) is 4.70 Å². The Morgan fingerprint density at radius 3 is 2.72 bits per heavy atom. The maximum absolute atomic E-state index is 13.3. The number of benzene rings is 2. The molecule has 0 unspecified atom stereocenters. The molecule has 4 aromatic rings. The number of nitrogens with zero attached hydrogens (tertiary/aromatic N) is 2. The van der Waals surface area contributed by atoms with Gasteiger partial charge in [0.15, 0.2) is 5.16 Å². The van der Waals surface area contributed by atoms with Crippen LogP contribution in [0, 0.1) is 13.8 Å². The van der Waals surface area contributed by atoms with Crippen molar-refractivity contribution in [3.05, 3.63) is 81.0 Å². The lowest BCUT2D eigenvalue weighted by Gasteiger charge is -2.16. The molecule has 1 N–H and O–H groups in total. The third-order valence-electron chi connectivity index (χ3n) is 5.24. The second-order valence-electron chi connectivity index (χ2n) is 8.04. The lowest BCUT2D eigenvalue weighted by molar-refractivity contribution is -0.113. The first kappa shape index (κ1) is 22.3. The summed E-state index contributed by atoms with van der Waals surface area (Å²) in [6.07, 6.45) is 0. The van der Waals surface area contributed by atoms with Gasteiger partial charge in [-0.1, -0.05) is 55.9 Å². The molecule has 5 nitrogen and oxygen atoms in total. The molecule has 0 aliphatic heterocycles. The van der Waals surface area contributed by atoms with Crippen LogP contribution in [-0.2, 0) is 4.79 Å². The highest BCUT2D eigenvalue weighted by Crippen LogP contribution is 2.27. The molecule has 2 heterocycles. The van der Waals surface area contributed by atoms with Gasteiger partial charge in [-0.05, 0) is 60.0 Å². The van der Waals surface area contributed by atoms with Gasteiger partial charge in [-0.3, -0.25) is 14.2 Å². The van der Waals surface area contributed by atoms with Gasteiger partial charge in [0.2, 0.25) is 5.91 Å². The van der Waals surface area contributed by atoms with Crippen molar-refractivity contribution in [2.45, 2.75) is 38.8 Å². The van der Waals surface area contributed by atoms with Gasteiger partial charge < -0.3 is 5.32 Å². The Kier molecular flexibility index (Phi) is 6.48. The van der Waals surface area contributed by atoms with E-state index in [1.807, 2.05) is 67.8 Å². The molecule has 2 aromatic carbocycles. The first-order valence-electron chi connectivity index (χ1n) is 10.4. The number of para-hydroxylation sites is 1. The molecule has 4 rings (SSSR count). The molecule has 0 spiro atoms. The summed E-state index contributed by atoms with van der Waals surface area (Å²) in [4.78, 5) is 30.9. The number of hydrogen-bond donors (Lipinski definition) is 1. The van der Waals surface area contributed by atoms with Gasteiger partial charge in [-0.25, -0.2) is 4.98 Å². The van der Waals surface area contributed by atoms with Gasteiger partial charge in [-0.2, -0.15) is 0 Å². The zero-order valence-electron chi connectivity index (χ0n) is 18.5. The molecular weight excluding hydrogens is 438 g/mol. The van der Waals surface area contributed by atoms with Crippen molar-refractivity contribution in [2.75, 3.05) is 11.1 Å². The van der Waals surface area contributed by atoms with Crippen LogP contribution in [0.3, 0.4) is 0 Å². The zero-order chi connectivity index (χ0) is 22.8. The largest absolute Gasteiger partial charge is 0.325 e. The number of thiophene rings is 1. The Morgan fingerprint density at radius 2 is 1.94 bits per heavy atom. The number of carbonyl (C=O) groups is 1. The average Bonchev–Trinajstić information content (AvgIpc) is 3.23. The van der Waals surface area contributed by atoms with E-state index in [0.717, 1.165) is 28.1 Å². The predicted octanol–water partition coefficient (Wildman–Crippen LogP) is 5.92. The molecular formula is C25H25N3O2S2. The molecule has 0 aliphatic carbocycles. The standard InChI is InChI=1S/C25H25N3O2S2/c1-15(2)18-7-5-6-8-19(18)26-22(29)14-32-25-27-20-11-12-31-23(20)24(30)28(25)21-13-16(3)9-10-17(21)4/h5-13,15H,14H2,1-4H3,(H,26,29). The van der Waals surface area contributed by atoms with Crippen LogP contribution in [0.1, 0.15) is 36.5 Å². The highest BCUT2D eigenvalue weighted by molar-refractivity contribution is 7.99. The number of fused-ring (bicyclic) bond motifs is 1. The molecule has 0 saturated heterocycles. The molecule has 2 aromatic heterocycles. The van der Waals surface area contributed by atoms with E-state index >= 15 is 0 Å². The van der Waals surface area contributed by atoms with E-state index in [0.29, 0.717) is 21.3 Å². The van der Waals surface area contributed by atoms with E-state index in [2.05, 4.69) is 19.2 Å². The molecule has 1 amide bonds. The van der Waals surface area contributed by atoms with Gasteiger partial charge in [0, 0.05) is 5.69 Å². The minimum Gasteiger partial charge on any atom is -0.325 e. The fraction of sp³-hybridized carbons (Fsp3) is 0.240.